The summed E-state index contributed by atoms with van der Waals surface area (Å²) in [4.78, 5) is 39.3. The number of hydrogen-bond acceptors (Lipinski definition) is 6. The molecule has 3 aromatic rings. The Labute approximate surface area is 172 Å². The number of ether oxygens (including phenoxy) is 2. The standard InChI is InChI=1S/C22H22N2O6/c25-19(10-11-24-17-8-4-5-9-18(17)29-22(24)27)30-20(16-6-2-1-3-7-16)21(26)23-12-14-28-15-13-23/h1-9,20H,10-15H2/t20-/m1/s1. The number of esters is 1. The highest BCUT2D eigenvalue weighted by atomic mass is 16.5. The number of aryl methyl sites for hydroxylation is 1. The Hall–Kier alpha value is -3.39. The van der Waals surface area contributed by atoms with Crippen LogP contribution in [0.4, 0.5) is 0 Å². The van der Waals surface area contributed by atoms with Gasteiger partial charge in [0.05, 0.1) is 25.2 Å². The summed E-state index contributed by atoms with van der Waals surface area (Å²) in [7, 11) is 0. The van der Waals surface area contributed by atoms with Crippen LogP contribution in [0.15, 0.2) is 63.8 Å². The van der Waals surface area contributed by atoms with E-state index in [-0.39, 0.29) is 18.9 Å². The summed E-state index contributed by atoms with van der Waals surface area (Å²) in [5.41, 5.74) is 1.67. The Morgan fingerprint density at radius 1 is 1.00 bits per heavy atom. The molecule has 1 amide bonds. The van der Waals surface area contributed by atoms with Crippen LogP contribution in [-0.2, 0) is 25.6 Å². The van der Waals surface area contributed by atoms with Crippen LogP contribution >= 0.6 is 0 Å². The van der Waals surface area contributed by atoms with E-state index in [9.17, 15) is 14.4 Å². The molecule has 0 unspecified atom stereocenters. The Morgan fingerprint density at radius 3 is 2.47 bits per heavy atom. The molecule has 2 aromatic carbocycles. The molecule has 8 nitrogen and oxygen atoms in total. The number of rotatable bonds is 6. The number of aromatic nitrogens is 1. The van der Waals surface area contributed by atoms with Crippen molar-refractivity contribution in [3.8, 4) is 0 Å². The molecule has 0 aliphatic carbocycles. The van der Waals surface area contributed by atoms with Crippen molar-refractivity contribution < 1.29 is 23.5 Å². The van der Waals surface area contributed by atoms with Crippen LogP contribution in [0.3, 0.4) is 0 Å². The zero-order valence-corrected chi connectivity index (χ0v) is 16.4. The number of oxazole rings is 1. The largest absolute Gasteiger partial charge is 0.447 e. The molecule has 1 aromatic heterocycles. The van der Waals surface area contributed by atoms with Crippen molar-refractivity contribution in [2.24, 2.45) is 0 Å². The number of benzene rings is 2. The molecule has 156 valence electrons. The third-order valence-corrected chi connectivity index (χ3v) is 5.01. The number of nitrogens with zero attached hydrogens (tertiary/aromatic N) is 2. The number of fused-ring (bicyclic) bond motifs is 1. The van der Waals surface area contributed by atoms with E-state index in [1.54, 1.807) is 53.4 Å². The molecule has 30 heavy (non-hydrogen) atoms. The number of hydrogen-bond donors (Lipinski definition) is 0. The molecule has 2 heterocycles. The molecule has 4 rings (SSSR count). The van der Waals surface area contributed by atoms with Crippen molar-refractivity contribution in [3.05, 3.63) is 70.7 Å². The molecular weight excluding hydrogens is 388 g/mol. The van der Waals surface area contributed by atoms with Crippen LogP contribution in [0, 0.1) is 0 Å². The summed E-state index contributed by atoms with van der Waals surface area (Å²) in [5.74, 6) is -1.38. The van der Waals surface area contributed by atoms with Gasteiger partial charge in [-0.3, -0.25) is 14.2 Å². The maximum Gasteiger partial charge on any atom is 0.419 e. The van der Waals surface area contributed by atoms with Gasteiger partial charge in [-0.25, -0.2) is 4.79 Å². The van der Waals surface area contributed by atoms with Gasteiger partial charge in [0.15, 0.2) is 5.58 Å². The minimum absolute atomic E-state index is 0.0663. The van der Waals surface area contributed by atoms with Crippen molar-refractivity contribution in [1.29, 1.82) is 0 Å². The number of carbonyl (C=O) groups is 2. The Morgan fingerprint density at radius 2 is 1.70 bits per heavy atom. The number of morpholine rings is 1. The van der Waals surface area contributed by atoms with Crippen LogP contribution in [0.5, 0.6) is 0 Å². The van der Waals surface area contributed by atoms with Gasteiger partial charge in [-0.2, -0.15) is 0 Å². The second kappa shape index (κ2) is 8.96. The molecule has 0 saturated carbocycles. The summed E-state index contributed by atoms with van der Waals surface area (Å²) in [6.07, 6.45) is -1.10. The second-order valence-electron chi connectivity index (χ2n) is 6.96. The fourth-order valence-electron chi connectivity index (χ4n) is 3.46. The van der Waals surface area contributed by atoms with Crippen molar-refractivity contribution in [3.63, 3.8) is 0 Å². The number of carbonyl (C=O) groups excluding carboxylic acids is 2. The molecule has 1 aliphatic rings. The molecule has 0 bridgehead atoms. The molecule has 0 radical (unpaired) electrons. The van der Waals surface area contributed by atoms with E-state index in [4.69, 9.17) is 13.9 Å². The molecule has 1 atom stereocenters. The van der Waals surface area contributed by atoms with Crippen molar-refractivity contribution in [2.45, 2.75) is 19.1 Å². The summed E-state index contributed by atoms with van der Waals surface area (Å²) in [6.45, 7) is 1.92. The molecule has 1 aliphatic heterocycles. The topological polar surface area (TPSA) is 91.0 Å². The highest BCUT2D eigenvalue weighted by Gasteiger charge is 2.30. The average molecular weight is 410 g/mol. The van der Waals surface area contributed by atoms with Gasteiger partial charge >= 0.3 is 11.7 Å². The SMILES string of the molecule is O=C(CCn1c(=O)oc2ccccc21)O[C@@H](C(=O)N1CCOCC1)c1ccccc1. The predicted molar refractivity (Wildman–Crippen MR) is 108 cm³/mol. The maximum atomic E-state index is 13.0. The highest BCUT2D eigenvalue weighted by Crippen LogP contribution is 2.22. The normalized spacial score (nSPS) is 15.1. The lowest BCUT2D eigenvalue weighted by atomic mass is 10.1. The van der Waals surface area contributed by atoms with E-state index in [0.29, 0.717) is 43.0 Å². The van der Waals surface area contributed by atoms with E-state index in [1.165, 1.54) is 4.57 Å². The van der Waals surface area contributed by atoms with Crippen LogP contribution in [0.2, 0.25) is 0 Å². The monoisotopic (exact) mass is 410 g/mol. The predicted octanol–water partition coefficient (Wildman–Crippen LogP) is 2.13. The van der Waals surface area contributed by atoms with Crippen LogP contribution in [-0.4, -0.2) is 47.6 Å². The third kappa shape index (κ3) is 4.28. The fraction of sp³-hybridized carbons (Fsp3) is 0.318. The highest BCUT2D eigenvalue weighted by molar-refractivity contribution is 5.85. The summed E-state index contributed by atoms with van der Waals surface area (Å²) < 4.78 is 17.5. The summed E-state index contributed by atoms with van der Waals surface area (Å²) in [6, 6.07) is 15.9. The third-order valence-electron chi connectivity index (χ3n) is 5.01. The minimum Gasteiger partial charge on any atom is -0.447 e. The van der Waals surface area contributed by atoms with Gasteiger partial charge in [-0.05, 0) is 12.1 Å². The zero-order valence-electron chi connectivity index (χ0n) is 16.4. The smallest absolute Gasteiger partial charge is 0.419 e. The van der Waals surface area contributed by atoms with E-state index in [2.05, 4.69) is 0 Å². The van der Waals surface area contributed by atoms with Gasteiger partial charge in [-0.15, -0.1) is 0 Å². The lowest BCUT2D eigenvalue weighted by molar-refractivity contribution is -0.163. The second-order valence-corrected chi connectivity index (χ2v) is 6.96. The average Bonchev–Trinajstić information content (AvgIpc) is 3.11. The Bertz CT molecular complexity index is 1080. The first-order valence-corrected chi connectivity index (χ1v) is 9.83. The lowest BCUT2D eigenvalue weighted by Crippen LogP contribution is -2.44. The van der Waals surface area contributed by atoms with Crippen molar-refractivity contribution in [1.82, 2.24) is 9.47 Å². The molecular formula is C22H22N2O6. The first kappa shape index (κ1) is 19.9. The van der Waals surface area contributed by atoms with E-state index < -0.39 is 17.8 Å². The number of amides is 1. The molecule has 0 spiro atoms. The Balaban J connectivity index is 1.48. The molecule has 8 heteroatoms. The molecule has 0 N–H and O–H groups in total. The van der Waals surface area contributed by atoms with Crippen LogP contribution in [0.25, 0.3) is 11.1 Å². The van der Waals surface area contributed by atoms with Gasteiger partial charge in [0, 0.05) is 25.2 Å². The zero-order chi connectivity index (χ0) is 20.9. The summed E-state index contributed by atoms with van der Waals surface area (Å²) in [5, 5.41) is 0. The van der Waals surface area contributed by atoms with Gasteiger partial charge in [-0.1, -0.05) is 42.5 Å². The van der Waals surface area contributed by atoms with Crippen LogP contribution < -0.4 is 5.76 Å². The van der Waals surface area contributed by atoms with Gasteiger partial charge in [0.25, 0.3) is 5.91 Å². The van der Waals surface area contributed by atoms with Crippen LogP contribution in [0.1, 0.15) is 18.1 Å². The van der Waals surface area contributed by atoms with E-state index in [1.807, 2.05) is 6.07 Å². The summed E-state index contributed by atoms with van der Waals surface area (Å²) >= 11 is 0. The quantitative estimate of drug-likeness (QED) is 0.578. The van der Waals surface area contributed by atoms with Crippen molar-refractivity contribution >= 4 is 23.0 Å². The Kier molecular flexibility index (Phi) is 5.94. The fourth-order valence-corrected chi connectivity index (χ4v) is 3.46. The molecule has 1 saturated heterocycles. The lowest BCUT2D eigenvalue weighted by Gasteiger charge is -2.30. The first-order chi connectivity index (χ1) is 14.6. The van der Waals surface area contributed by atoms with Gasteiger partial charge in [0.1, 0.15) is 0 Å². The minimum atomic E-state index is -1.03. The maximum absolute atomic E-state index is 13.0. The van der Waals surface area contributed by atoms with Crippen molar-refractivity contribution in [2.75, 3.05) is 26.3 Å². The van der Waals surface area contributed by atoms with Gasteiger partial charge < -0.3 is 18.8 Å². The number of para-hydroxylation sites is 2. The first-order valence-electron chi connectivity index (χ1n) is 9.83. The van der Waals surface area contributed by atoms with E-state index in [0.717, 1.165) is 0 Å². The molecule has 1 fully saturated rings. The van der Waals surface area contributed by atoms with Gasteiger partial charge in [0.2, 0.25) is 6.10 Å². The van der Waals surface area contributed by atoms with E-state index >= 15 is 0 Å².